The second-order valence-corrected chi connectivity index (χ2v) is 8.10. The number of hydrogen-bond donors (Lipinski definition) is 1. The Morgan fingerprint density at radius 2 is 1.63 bits per heavy atom. The lowest BCUT2D eigenvalue weighted by atomic mass is 10.1. The predicted molar refractivity (Wildman–Crippen MR) is 105 cm³/mol. The minimum Gasteiger partial charge on any atom is -0.493 e. The van der Waals surface area contributed by atoms with Gasteiger partial charge in [0.1, 0.15) is 5.75 Å². The van der Waals surface area contributed by atoms with E-state index in [9.17, 15) is 8.42 Å². The number of hydrogen-bond acceptors (Lipinski definition) is 5. The molecule has 148 valence electrons. The molecule has 0 saturated heterocycles. The molecule has 2 aromatic rings. The van der Waals surface area contributed by atoms with E-state index < -0.39 is 10.0 Å². The molecule has 7 heteroatoms. The molecule has 0 unspecified atom stereocenters. The summed E-state index contributed by atoms with van der Waals surface area (Å²) in [5.74, 6) is 1.70. The van der Waals surface area contributed by atoms with Gasteiger partial charge in [-0.15, -0.1) is 0 Å². The van der Waals surface area contributed by atoms with Crippen LogP contribution in [0, 0.1) is 0 Å². The molecule has 0 bridgehead atoms. The normalized spacial score (nSPS) is 11.4. The van der Waals surface area contributed by atoms with E-state index in [-0.39, 0.29) is 11.0 Å². The zero-order valence-corrected chi connectivity index (χ0v) is 17.0. The molecule has 0 radical (unpaired) electrons. The second-order valence-electron chi connectivity index (χ2n) is 6.33. The fourth-order valence-electron chi connectivity index (χ4n) is 2.57. The van der Waals surface area contributed by atoms with Gasteiger partial charge in [-0.3, -0.25) is 0 Å². The fraction of sp³-hybridized carbons (Fsp3) is 0.400. The molecule has 0 fully saturated rings. The van der Waals surface area contributed by atoms with Crippen LogP contribution in [0.1, 0.15) is 25.8 Å². The van der Waals surface area contributed by atoms with Crippen LogP contribution in [0.25, 0.3) is 0 Å². The van der Waals surface area contributed by atoms with Crippen LogP contribution in [0.4, 0.5) is 0 Å². The Morgan fingerprint density at radius 1 is 0.963 bits per heavy atom. The number of ether oxygens (including phenoxy) is 3. The Hall–Kier alpha value is -2.25. The van der Waals surface area contributed by atoms with E-state index in [0.29, 0.717) is 24.5 Å². The van der Waals surface area contributed by atoms with Gasteiger partial charge < -0.3 is 14.2 Å². The van der Waals surface area contributed by atoms with Gasteiger partial charge in [-0.05, 0) is 56.5 Å². The van der Waals surface area contributed by atoms with Crippen LogP contribution in [0.3, 0.4) is 0 Å². The van der Waals surface area contributed by atoms with E-state index >= 15 is 0 Å². The topological polar surface area (TPSA) is 73.9 Å². The number of aryl methyl sites for hydroxylation is 1. The second kappa shape index (κ2) is 9.62. The van der Waals surface area contributed by atoms with Crippen LogP contribution >= 0.6 is 0 Å². The van der Waals surface area contributed by atoms with Crippen molar-refractivity contribution in [3.05, 3.63) is 48.0 Å². The average molecular weight is 394 g/mol. The van der Waals surface area contributed by atoms with Gasteiger partial charge in [-0.25, -0.2) is 13.1 Å². The number of methoxy groups -OCH3 is 2. The third kappa shape index (κ3) is 6.15. The van der Waals surface area contributed by atoms with Gasteiger partial charge in [-0.1, -0.05) is 12.1 Å². The first-order chi connectivity index (χ1) is 12.9. The molecular weight excluding hydrogens is 366 g/mol. The Bertz CT molecular complexity index is 832. The van der Waals surface area contributed by atoms with Crippen LogP contribution in [0.2, 0.25) is 0 Å². The van der Waals surface area contributed by atoms with Crippen molar-refractivity contribution in [3.8, 4) is 17.2 Å². The van der Waals surface area contributed by atoms with Crippen molar-refractivity contribution in [2.24, 2.45) is 0 Å². The van der Waals surface area contributed by atoms with E-state index in [1.807, 2.05) is 38.1 Å². The first-order valence-electron chi connectivity index (χ1n) is 8.83. The highest BCUT2D eigenvalue weighted by molar-refractivity contribution is 7.89. The molecule has 0 aromatic heterocycles. The SMILES string of the molecule is COc1ccc(S(=O)(=O)NCCCc2ccc(OC(C)C)cc2)cc1OC. The van der Waals surface area contributed by atoms with Crippen LogP contribution in [-0.2, 0) is 16.4 Å². The van der Waals surface area contributed by atoms with Gasteiger partial charge in [0.15, 0.2) is 11.5 Å². The maximum atomic E-state index is 12.4. The number of rotatable bonds is 10. The molecule has 2 aromatic carbocycles. The summed E-state index contributed by atoms with van der Waals surface area (Å²) < 4.78 is 43.4. The predicted octanol–water partition coefficient (Wildman–Crippen LogP) is 3.40. The molecule has 6 nitrogen and oxygen atoms in total. The van der Waals surface area contributed by atoms with Gasteiger partial charge in [0.05, 0.1) is 25.2 Å². The quantitative estimate of drug-likeness (QED) is 0.626. The summed E-state index contributed by atoms with van der Waals surface area (Å²) in [6, 6.07) is 12.4. The van der Waals surface area contributed by atoms with Gasteiger partial charge in [0, 0.05) is 12.6 Å². The van der Waals surface area contributed by atoms with Crippen molar-refractivity contribution in [1.82, 2.24) is 4.72 Å². The van der Waals surface area contributed by atoms with E-state index in [4.69, 9.17) is 14.2 Å². The highest BCUT2D eigenvalue weighted by atomic mass is 32.2. The summed E-state index contributed by atoms with van der Waals surface area (Å²) in [5, 5.41) is 0. The molecule has 2 rings (SSSR count). The lowest BCUT2D eigenvalue weighted by Gasteiger charge is -2.11. The van der Waals surface area contributed by atoms with Crippen molar-refractivity contribution in [3.63, 3.8) is 0 Å². The van der Waals surface area contributed by atoms with Crippen LogP contribution < -0.4 is 18.9 Å². The van der Waals surface area contributed by atoms with Gasteiger partial charge in [0.2, 0.25) is 10.0 Å². The summed E-state index contributed by atoms with van der Waals surface area (Å²) in [6.45, 7) is 4.32. The summed E-state index contributed by atoms with van der Waals surface area (Å²) >= 11 is 0. The Morgan fingerprint density at radius 3 is 2.22 bits per heavy atom. The number of sulfonamides is 1. The molecule has 0 aliphatic rings. The van der Waals surface area contributed by atoms with Crippen molar-refractivity contribution < 1.29 is 22.6 Å². The highest BCUT2D eigenvalue weighted by Crippen LogP contribution is 2.29. The third-order valence-corrected chi connectivity index (χ3v) is 5.35. The molecule has 0 saturated carbocycles. The standard InChI is InChI=1S/C20H27NO5S/c1-15(2)26-17-9-7-16(8-10-17)6-5-13-21-27(22,23)18-11-12-19(24-3)20(14-18)25-4/h7-12,14-15,21H,5-6,13H2,1-4H3. The maximum absolute atomic E-state index is 12.4. The zero-order chi connectivity index (χ0) is 19.9. The van der Waals surface area contributed by atoms with Crippen molar-refractivity contribution in [1.29, 1.82) is 0 Å². The molecule has 0 aliphatic carbocycles. The smallest absolute Gasteiger partial charge is 0.240 e. The molecular formula is C20H27NO5S. The summed E-state index contributed by atoms with van der Waals surface area (Å²) in [7, 11) is -0.621. The molecule has 27 heavy (non-hydrogen) atoms. The Kier molecular flexibility index (Phi) is 7.50. The molecule has 0 heterocycles. The monoisotopic (exact) mass is 393 g/mol. The molecule has 0 atom stereocenters. The maximum Gasteiger partial charge on any atom is 0.240 e. The largest absolute Gasteiger partial charge is 0.493 e. The summed E-state index contributed by atoms with van der Waals surface area (Å²) in [6.07, 6.45) is 1.61. The summed E-state index contributed by atoms with van der Waals surface area (Å²) in [5.41, 5.74) is 1.14. The van der Waals surface area contributed by atoms with Gasteiger partial charge in [-0.2, -0.15) is 0 Å². The van der Waals surface area contributed by atoms with Gasteiger partial charge >= 0.3 is 0 Å². The lowest BCUT2D eigenvalue weighted by Crippen LogP contribution is -2.25. The van der Waals surface area contributed by atoms with E-state index in [1.165, 1.54) is 26.4 Å². The highest BCUT2D eigenvalue weighted by Gasteiger charge is 2.16. The van der Waals surface area contributed by atoms with Crippen LogP contribution in [-0.4, -0.2) is 35.3 Å². The van der Waals surface area contributed by atoms with Crippen molar-refractivity contribution in [2.45, 2.75) is 37.7 Å². The minimum atomic E-state index is -3.60. The fourth-order valence-corrected chi connectivity index (χ4v) is 3.66. The molecule has 0 aliphatic heterocycles. The van der Waals surface area contributed by atoms with Crippen molar-refractivity contribution >= 4 is 10.0 Å². The molecule has 0 spiro atoms. The first-order valence-corrected chi connectivity index (χ1v) is 10.3. The van der Waals surface area contributed by atoms with Crippen molar-refractivity contribution in [2.75, 3.05) is 20.8 Å². The number of nitrogens with one attached hydrogen (secondary N) is 1. The summed E-state index contributed by atoms with van der Waals surface area (Å²) in [4.78, 5) is 0.148. The van der Waals surface area contributed by atoms with Gasteiger partial charge in [0.25, 0.3) is 0 Å². The third-order valence-electron chi connectivity index (χ3n) is 3.89. The zero-order valence-electron chi connectivity index (χ0n) is 16.2. The average Bonchev–Trinajstić information content (AvgIpc) is 2.65. The first kappa shape index (κ1) is 21.1. The minimum absolute atomic E-state index is 0.141. The number of benzene rings is 2. The Balaban J connectivity index is 1.88. The van der Waals surface area contributed by atoms with E-state index in [0.717, 1.165) is 17.7 Å². The molecule has 1 N–H and O–H groups in total. The van der Waals surface area contributed by atoms with Crippen LogP contribution in [0.5, 0.6) is 17.2 Å². The lowest BCUT2D eigenvalue weighted by molar-refractivity contribution is 0.242. The molecule has 0 amide bonds. The van der Waals surface area contributed by atoms with E-state index in [2.05, 4.69) is 4.72 Å². The van der Waals surface area contributed by atoms with Crippen LogP contribution in [0.15, 0.2) is 47.4 Å². The van der Waals surface area contributed by atoms with E-state index in [1.54, 1.807) is 6.07 Å². The Labute approximate surface area is 161 Å².